The van der Waals surface area contributed by atoms with Crippen LogP contribution in [0.5, 0.6) is 5.88 Å². The number of ether oxygens (including phenoxy) is 1. The topological polar surface area (TPSA) is 76.5 Å². The van der Waals surface area contributed by atoms with Crippen LogP contribution in [0.1, 0.15) is 41.0 Å². The normalized spacial score (nSPS) is 16.5. The summed E-state index contributed by atoms with van der Waals surface area (Å²) < 4.78 is 43.8. The van der Waals surface area contributed by atoms with Gasteiger partial charge in [0.2, 0.25) is 11.8 Å². The number of aromatic nitrogens is 2. The second-order valence-electron chi connectivity index (χ2n) is 6.47. The Morgan fingerprint density at radius 1 is 1.32 bits per heavy atom. The first-order valence-electron chi connectivity index (χ1n) is 8.58. The number of carbonyl (C=O) groups is 2. The summed E-state index contributed by atoms with van der Waals surface area (Å²) in [6.45, 7) is -0.993. The van der Waals surface area contributed by atoms with Gasteiger partial charge >= 0.3 is 6.61 Å². The number of nitrogens with one attached hydrogen (secondary N) is 1. The molecule has 150 valence electrons. The smallest absolute Gasteiger partial charge is 0.388 e. The highest BCUT2D eigenvalue weighted by Crippen LogP contribution is 2.28. The summed E-state index contributed by atoms with van der Waals surface area (Å²) in [4.78, 5) is 25.9. The first-order valence-corrected chi connectivity index (χ1v) is 8.58. The minimum Gasteiger partial charge on any atom is -0.417 e. The average Bonchev–Trinajstić information content (AvgIpc) is 2.87. The van der Waals surface area contributed by atoms with Gasteiger partial charge in [-0.15, -0.1) is 0 Å². The lowest BCUT2D eigenvalue weighted by atomic mass is 9.99. The molecule has 0 bridgehead atoms. The number of rotatable bonds is 4. The highest BCUT2D eigenvalue weighted by Gasteiger charge is 2.26. The molecular formula is C18H19F3N4O3. The number of hydrogen-bond acceptors (Lipinski definition) is 4. The van der Waals surface area contributed by atoms with Crippen molar-refractivity contribution in [2.45, 2.75) is 32.5 Å². The van der Waals surface area contributed by atoms with Gasteiger partial charge in [-0.1, -0.05) is 6.07 Å². The molecule has 1 unspecified atom stereocenters. The van der Waals surface area contributed by atoms with Crippen molar-refractivity contribution < 1.29 is 27.5 Å². The lowest BCUT2D eigenvalue weighted by Gasteiger charge is -2.19. The predicted octanol–water partition coefficient (Wildman–Crippen LogP) is 2.38. The number of aryl methyl sites for hydroxylation is 1. The number of hydrogen-bond donors (Lipinski definition) is 1. The zero-order valence-corrected chi connectivity index (χ0v) is 15.3. The number of alkyl halides is 2. The lowest BCUT2D eigenvalue weighted by molar-refractivity contribution is -0.129. The standard InChI is InChI=1S/C18H19F3N4O3/c1-10(26)25-6-5-14(13-4-3-12(19)7-11(13)9-25)22-17(27)15-8-16(24(2)23-15)28-18(20)21/h3-4,7-8,14,18H,5-6,9H2,1-2H3,(H,22,27). The van der Waals surface area contributed by atoms with Gasteiger partial charge in [0.1, 0.15) is 5.82 Å². The zero-order chi connectivity index (χ0) is 20.4. The van der Waals surface area contributed by atoms with Crippen molar-refractivity contribution in [3.05, 3.63) is 46.9 Å². The van der Waals surface area contributed by atoms with Crippen molar-refractivity contribution in [3.63, 3.8) is 0 Å². The van der Waals surface area contributed by atoms with E-state index in [-0.39, 0.29) is 24.0 Å². The molecule has 1 N–H and O–H groups in total. The molecule has 10 heteroatoms. The summed E-state index contributed by atoms with van der Waals surface area (Å²) >= 11 is 0. The van der Waals surface area contributed by atoms with Crippen molar-refractivity contribution >= 4 is 11.8 Å². The Kier molecular flexibility index (Phi) is 5.57. The van der Waals surface area contributed by atoms with Crippen molar-refractivity contribution in [1.29, 1.82) is 0 Å². The molecule has 7 nitrogen and oxygen atoms in total. The summed E-state index contributed by atoms with van der Waals surface area (Å²) in [5.41, 5.74) is 1.20. The Hall–Kier alpha value is -3.04. The molecule has 28 heavy (non-hydrogen) atoms. The molecule has 3 rings (SSSR count). The van der Waals surface area contributed by atoms with Gasteiger partial charge < -0.3 is 15.0 Å². The molecular weight excluding hydrogens is 377 g/mol. The minimum absolute atomic E-state index is 0.0884. The Morgan fingerprint density at radius 2 is 2.07 bits per heavy atom. The van der Waals surface area contributed by atoms with Crippen molar-refractivity contribution in [2.24, 2.45) is 7.05 Å². The molecule has 0 saturated heterocycles. The quantitative estimate of drug-likeness (QED) is 0.861. The fourth-order valence-corrected chi connectivity index (χ4v) is 3.19. The maximum absolute atomic E-state index is 13.7. The first-order chi connectivity index (χ1) is 13.2. The third-order valence-corrected chi connectivity index (χ3v) is 4.56. The Balaban J connectivity index is 1.83. The Labute approximate surface area is 159 Å². The molecule has 0 fully saturated rings. The molecule has 0 radical (unpaired) electrons. The van der Waals surface area contributed by atoms with E-state index in [0.717, 1.165) is 10.7 Å². The van der Waals surface area contributed by atoms with Gasteiger partial charge in [0.15, 0.2) is 5.69 Å². The monoisotopic (exact) mass is 396 g/mol. The van der Waals surface area contributed by atoms with Crippen LogP contribution in [0, 0.1) is 5.82 Å². The molecule has 2 aromatic rings. The molecule has 2 heterocycles. The molecule has 0 aliphatic carbocycles. The fourth-order valence-electron chi connectivity index (χ4n) is 3.19. The van der Waals surface area contributed by atoms with Crippen LogP contribution < -0.4 is 10.1 Å². The van der Waals surface area contributed by atoms with E-state index < -0.39 is 24.4 Å². The summed E-state index contributed by atoms with van der Waals surface area (Å²) in [6.07, 6.45) is 0.414. The molecule has 1 aliphatic heterocycles. The van der Waals surface area contributed by atoms with E-state index in [4.69, 9.17) is 0 Å². The van der Waals surface area contributed by atoms with Crippen molar-refractivity contribution in [3.8, 4) is 5.88 Å². The van der Waals surface area contributed by atoms with Crippen LogP contribution in [0.15, 0.2) is 24.3 Å². The Morgan fingerprint density at radius 3 is 2.75 bits per heavy atom. The molecule has 1 aromatic heterocycles. The van der Waals surface area contributed by atoms with Crippen LogP contribution in [-0.2, 0) is 18.4 Å². The van der Waals surface area contributed by atoms with Crippen LogP contribution in [0.3, 0.4) is 0 Å². The minimum atomic E-state index is -3.03. The summed E-state index contributed by atoms with van der Waals surface area (Å²) in [7, 11) is 1.38. The van der Waals surface area contributed by atoms with E-state index in [1.807, 2.05) is 0 Å². The van der Waals surface area contributed by atoms with Gasteiger partial charge in [-0.05, 0) is 29.7 Å². The maximum Gasteiger partial charge on any atom is 0.388 e. The van der Waals surface area contributed by atoms with Crippen LogP contribution in [0.2, 0.25) is 0 Å². The second-order valence-corrected chi connectivity index (χ2v) is 6.47. The van der Waals surface area contributed by atoms with Gasteiger partial charge in [-0.25, -0.2) is 9.07 Å². The highest BCUT2D eigenvalue weighted by molar-refractivity contribution is 5.92. The lowest BCUT2D eigenvalue weighted by Crippen LogP contribution is -2.31. The van der Waals surface area contributed by atoms with Crippen LogP contribution in [0.4, 0.5) is 13.2 Å². The van der Waals surface area contributed by atoms with Crippen LogP contribution >= 0.6 is 0 Å². The fraction of sp³-hybridized carbons (Fsp3) is 0.389. The van der Waals surface area contributed by atoms with Gasteiger partial charge in [-0.3, -0.25) is 9.59 Å². The van der Waals surface area contributed by atoms with E-state index >= 15 is 0 Å². The summed E-state index contributed by atoms with van der Waals surface area (Å²) in [5, 5.41) is 6.67. The highest BCUT2D eigenvalue weighted by atomic mass is 19.3. The Bertz CT molecular complexity index is 900. The van der Waals surface area contributed by atoms with E-state index in [1.165, 1.54) is 26.1 Å². The summed E-state index contributed by atoms with van der Waals surface area (Å²) in [6, 6.07) is 4.82. The number of nitrogens with zero attached hydrogens (tertiary/aromatic N) is 3. The summed E-state index contributed by atoms with van der Waals surface area (Å²) in [5.74, 6) is -1.42. The van der Waals surface area contributed by atoms with Gasteiger partial charge in [0.25, 0.3) is 5.91 Å². The van der Waals surface area contributed by atoms with E-state index in [0.29, 0.717) is 24.1 Å². The largest absolute Gasteiger partial charge is 0.417 e. The number of carbonyl (C=O) groups excluding carboxylic acids is 2. The molecule has 2 amide bonds. The second kappa shape index (κ2) is 7.91. The molecule has 0 saturated carbocycles. The van der Waals surface area contributed by atoms with E-state index in [1.54, 1.807) is 11.0 Å². The van der Waals surface area contributed by atoms with Crippen molar-refractivity contribution in [1.82, 2.24) is 20.0 Å². The number of halogens is 3. The molecule has 0 spiro atoms. The maximum atomic E-state index is 13.7. The third kappa shape index (κ3) is 4.26. The van der Waals surface area contributed by atoms with Crippen LogP contribution in [0.25, 0.3) is 0 Å². The third-order valence-electron chi connectivity index (χ3n) is 4.56. The van der Waals surface area contributed by atoms with Crippen molar-refractivity contribution in [2.75, 3.05) is 6.54 Å². The number of benzene rings is 1. The first kappa shape index (κ1) is 19.7. The van der Waals surface area contributed by atoms with E-state index in [9.17, 15) is 22.8 Å². The van der Waals surface area contributed by atoms with Gasteiger partial charge in [0, 0.05) is 33.1 Å². The molecule has 1 aromatic carbocycles. The SMILES string of the molecule is CC(=O)N1CCC(NC(=O)c2cc(OC(F)F)n(C)n2)c2ccc(F)cc2C1. The molecule has 1 aliphatic rings. The number of amides is 2. The van der Waals surface area contributed by atoms with Gasteiger partial charge in [0.05, 0.1) is 6.04 Å². The average molecular weight is 396 g/mol. The van der Waals surface area contributed by atoms with Gasteiger partial charge in [-0.2, -0.15) is 13.9 Å². The molecule has 1 atom stereocenters. The van der Waals surface area contributed by atoms with E-state index in [2.05, 4.69) is 15.2 Å². The predicted molar refractivity (Wildman–Crippen MR) is 92.2 cm³/mol. The number of fused-ring (bicyclic) bond motifs is 1. The van der Waals surface area contributed by atoms with Crippen LogP contribution in [-0.4, -0.2) is 39.7 Å². The zero-order valence-electron chi connectivity index (χ0n) is 15.3.